The van der Waals surface area contributed by atoms with Crippen LogP contribution < -0.4 is 0 Å². The summed E-state index contributed by atoms with van der Waals surface area (Å²) in [5, 5.41) is 9.18. The van der Waals surface area contributed by atoms with Crippen LogP contribution in [0.15, 0.2) is 0 Å². The van der Waals surface area contributed by atoms with E-state index >= 15 is 0 Å². The van der Waals surface area contributed by atoms with Crippen LogP contribution >= 0.6 is 0 Å². The predicted octanol–water partition coefficient (Wildman–Crippen LogP) is 6.51. The highest BCUT2D eigenvalue weighted by atomic mass is 16.5. The Labute approximate surface area is 161 Å². The first-order valence-electron chi connectivity index (χ1n) is 10.9. The van der Waals surface area contributed by atoms with Gasteiger partial charge in [0, 0.05) is 0 Å². The molecule has 2 unspecified atom stereocenters. The van der Waals surface area contributed by atoms with Crippen LogP contribution in [0, 0.1) is 5.92 Å². The quantitative estimate of drug-likeness (QED) is 0.221. The van der Waals surface area contributed by atoms with Crippen LogP contribution in [-0.4, -0.2) is 23.1 Å². The summed E-state index contributed by atoms with van der Waals surface area (Å²) in [4.78, 5) is 23.1. The fourth-order valence-electron chi connectivity index (χ4n) is 3.22. The zero-order valence-electron chi connectivity index (χ0n) is 17.4. The van der Waals surface area contributed by atoms with Crippen molar-refractivity contribution in [1.29, 1.82) is 0 Å². The van der Waals surface area contributed by atoms with Gasteiger partial charge in [-0.15, -0.1) is 0 Å². The van der Waals surface area contributed by atoms with E-state index < -0.39 is 11.9 Å². The van der Waals surface area contributed by atoms with Gasteiger partial charge in [-0.3, -0.25) is 9.59 Å². The molecule has 0 saturated heterocycles. The van der Waals surface area contributed by atoms with Crippen LogP contribution in [0.2, 0.25) is 0 Å². The number of ether oxygens (including phenoxy) is 1. The lowest BCUT2D eigenvalue weighted by Gasteiger charge is -2.16. The van der Waals surface area contributed by atoms with Crippen molar-refractivity contribution in [3.05, 3.63) is 0 Å². The lowest BCUT2D eigenvalue weighted by atomic mass is 9.99. The molecule has 0 aliphatic rings. The van der Waals surface area contributed by atoms with E-state index in [1.54, 1.807) is 0 Å². The molecule has 154 valence electrons. The normalized spacial score (nSPS) is 13.3. The minimum absolute atomic E-state index is 0.00228. The number of carboxylic acid groups (broad SMARTS) is 1. The lowest BCUT2D eigenvalue weighted by molar-refractivity contribution is -0.155. The molecule has 1 N–H and O–H groups in total. The minimum Gasteiger partial charge on any atom is -0.481 e. The molecule has 0 heterocycles. The van der Waals surface area contributed by atoms with Crippen molar-refractivity contribution in [2.75, 3.05) is 0 Å². The van der Waals surface area contributed by atoms with Crippen LogP contribution in [0.3, 0.4) is 0 Å². The van der Waals surface area contributed by atoms with Gasteiger partial charge in [0.2, 0.25) is 0 Å². The number of unbranched alkanes of at least 4 members (excludes halogenated alkanes) is 10. The molecule has 0 bridgehead atoms. The predicted molar refractivity (Wildman–Crippen MR) is 107 cm³/mol. The van der Waals surface area contributed by atoms with Gasteiger partial charge in [0.15, 0.2) is 0 Å². The van der Waals surface area contributed by atoms with Gasteiger partial charge in [-0.05, 0) is 26.2 Å². The molecular formula is C22H42O4. The van der Waals surface area contributed by atoms with E-state index in [2.05, 4.69) is 6.92 Å². The van der Waals surface area contributed by atoms with Gasteiger partial charge >= 0.3 is 11.9 Å². The van der Waals surface area contributed by atoms with Crippen LogP contribution in [-0.2, 0) is 14.3 Å². The molecule has 0 aliphatic heterocycles. The number of hydrogen-bond acceptors (Lipinski definition) is 3. The van der Waals surface area contributed by atoms with Gasteiger partial charge in [0.05, 0.1) is 18.4 Å². The third kappa shape index (κ3) is 15.2. The molecule has 26 heavy (non-hydrogen) atoms. The zero-order chi connectivity index (χ0) is 19.6. The van der Waals surface area contributed by atoms with Crippen molar-refractivity contribution in [2.24, 2.45) is 5.92 Å². The Balaban J connectivity index is 3.66. The molecule has 0 aromatic heterocycles. The summed E-state index contributed by atoms with van der Waals surface area (Å²) < 4.78 is 5.39. The number of hydrogen-bond donors (Lipinski definition) is 1. The number of esters is 1. The van der Waals surface area contributed by atoms with E-state index in [1.165, 1.54) is 57.8 Å². The fourth-order valence-corrected chi connectivity index (χ4v) is 3.22. The maximum atomic E-state index is 11.9. The Morgan fingerprint density at radius 1 is 0.769 bits per heavy atom. The highest BCUT2D eigenvalue weighted by Gasteiger charge is 2.22. The number of carbonyl (C=O) groups excluding carboxylic acids is 1. The molecule has 0 amide bonds. The smallest absolute Gasteiger partial charge is 0.307 e. The van der Waals surface area contributed by atoms with E-state index in [4.69, 9.17) is 4.74 Å². The van der Waals surface area contributed by atoms with Gasteiger partial charge in [-0.1, -0.05) is 84.5 Å². The maximum Gasteiger partial charge on any atom is 0.307 e. The first-order chi connectivity index (χ1) is 12.5. The first kappa shape index (κ1) is 24.9. The summed E-state index contributed by atoms with van der Waals surface area (Å²) in [6, 6.07) is 0. The van der Waals surface area contributed by atoms with Gasteiger partial charge < -0.3 is 9.84 Å². The maximum absolute atomic E-state index is 11.9. The van der Waals surface area contributed by atoms with Crippen molar-refractivity contribution in [1.82, 2.24) is 0 Å². The Hall–Kier alpha value is -1.06. The lowest BCUT2D eigenvalue weighted by Crippen LogP contribution is -2.22. The Bertz CT molecular complexity index is 354. The molecule has 4 nitrogen and oxygen atoms in total. The second-order valence-electron chi connectivity index (χ2n) is 7.65. The summed E-state index contributed by atoms with van der Waals surface area (Å²) in [6.45, 7) is 6.18. The molecule has 0 saturated carbocycles. The standard InChI is InChI=1S/C22H42O4/c1-4-6-8-9-10-11-12-13-14-15-16-19(3)26-21(23)18-20(22(24)25)17-7-5-2/h19-20H,4-18H2,1-3H3,(H,24,25). The molecule has 0 radical (unpaired) electrons. The molecule has 0 fully saturated rings. The molecular weight excluding hydrogens is 328 g/mol. The second-order valence-corrected chi connectivity index (χ2v) is 7.65. The summed E-state index contributed by atoms with van der Waals surface area (Å²) in [5.74, 6) is -1.86. The van der Waals surface area contributed by atoms with E-state index in [-0.39, 0.29) is 18.5 Å². The second kappa shape index (κ2) is 17.4. The first-order valence-corrected chi connectivity index (χ1v) is 10.9. The van der Waals surface area contributed by atoms with Crippen LogP contribution in [0.1, 0.15) is 117 Å². The summed E-state index contributed by atoms with van der Waals surface area (Å²) >= 11 is 0. The van der Waals surface area contributed by atoms with Gasteiger partial charge in [0.25, 0.3) is 0 Å². The zero-order valence-corrected chi connectivity index (χ0v) is 17.4. The van der Waals surface area contributed by atoms with Gasteiger partial charge in [-0.25, -0.2) is 0 Å². The largest absolute Gasteiger partial charge is 0.481 e. The Morgan fingerprint density at radius 3 is 1.77 bits per heavy atom. The van der Waals surface area contributed by atoms with Gasteiger partial charge in [0.1, 0.15) is 0 Å². The summed E-state index contributed by atoms with van der Waals surface area (Å²) in [5.41, 5.74) is 0. The van der Waals surface area contributed by atoms with E-state index in [9.17, 15) is 14.7 Å². The van der Waals surface area contributed by atoms with Crippen molar-refractivity contribution in [3.63, 3.8) is 0 Å². The Morgan fingerprint density at radius 2 is 1.27 bits per heavy atom. The monoisotopic (exact) mass is 370 g/mol. The Kier molecular flexibility index (Phi) is 16.7. The van der Waals surface area contributed by atoms with Crippen LogP contribution in [0.4, 0.5) is 0 Å². The molecule has 0 aromatic rings. The highest BCUT2D eigenvalue weighted by Crippen LogP contribution is 2.16. The fraction of sp³-hybridized carbons (Fsp3) is 0.909. The van der Waals surface area contributed by atoms with Crippen molar-refractivity contribution < 1.29 is 19.4 Å². The summed E-state index contributed by atoms with van der Waals surface area (Å²) in [6.07, 6.45) is 16.0. The third-order valence-corrected chi connectivity index (χ3v) is 4.97. The molecule has 0 spiro atoms. The van der Waals surface area contributed by atoms with E-state index in [0.717, 1.165) is 25.7 Å². The van der Waals surface area contributed by atoms with Crippen molar-refractivity contribution in [2.45, 2.75) is 123 Å². The molecule has 0 aromatic carbocycles. The van der Waals surface area contributed by atoms with Gasteiger partial charge in [-0.2, -0.15) is 0 Å². The average Bonchev–Trinajstić information content (AvgIpc) is 2.59. The molecule has 2 atom stereocenters. The number of carboxylic acids is 1. The molecule has 0 aliphatic carbocycles. The van der Waals surface area contributed by atoms with E-state index in [0.29, 0.717) is 6.42 Å². The van der Waals surface area contributed by atoms with Crippen molar-refractivity contribution in [3.8, 4) is 0 Å². The minimum atomic E-state index is -0.891. The highest BCUT2D eigenvalue weighted by molar-refractivity contribution is 5.78. The third-order valence-electron chi connectivity index (χ3n) is 4.97. The van der Waals surface area contributed by atoms with E-state index in [1.807, 2.05) is 13.8 Å². The topological polar surface area (TPSA) is 63.6 Å². The number of carbonyl (C=O) groups is 2. The van der Waals surface area contributed by atoms with Crippen LogP contribution in [0.5, 0.6) is 0 Å². The number of rotatable bonds is 18. The average molecular weight is 371 g/mol. The number of aliphatic carboxylic acids is 1. The molecule has 4 heteroatoms. The van der Waals surface area contributed by atoms with Crippen LogP contribution in [0.25, 0.3) is 0 Å². The molecule has 0 rings (SSSR count). The summed E-state index contributed by atoms with van der Waals surface area (Å²) in [7, 11) is 0. The SMILES string of the molecule is CCCCCCCCCCCCC(C)OC(=O)CC(CCCC)C(=O)O. The van der Waals surface area contributed by atoms with Crippen molar-refractivity contribution >= 4 is 11.9 Å².